The summed E-state index contributed by atoms with van der Waals surface area (Å²) in [6.45, 7) is 1.67. The number of hydrogen-bond acceptors (Lipinski definition) is 4. The highest BCUT2D eigenvalue weighted by Crippen LogP contribution is 2.22. The first-order chi connectivity index (χ1) is 10.5. The SMILES string of the molecule is CCc1ccc(C(=O)COC(=O)c2cc(Br)ccc2O)cc1. The Hall–Kier alpha value is -2.14. The molecule has 0 aliphatic carbocycles. The first-order valence-electron chi connectivity index (χ1n) is 6.79. The van der Waals surface area contributed by atoms with Crippen molar-refractivity contribution in [1.29, 1.82) is 0 Å². The molecule has 5 heteroatoms. The molecule has 0 unspecified atom stereocenters. The quantitative estimate of drug-likeness (QED) is 0.649. The average Bonchev–Trinajstić information content (AvgIpc) is 2.54. The highest BCUT2D eigenvalue weighted by atomic mass is 79.9. The Kier molecular flexibility index (Phi) is 5.33. The third kappa shape index (κ3) is 3.95. The van der Waals surface area contributed by atoms with Gasteiger partial charge in [-0.3, -0.25) is 4.79 Å². The van der Waals surface area contributed by atoms with Crippen LogP contribution in [-0.4, -0.2) is 23.5 Å². The Bertz CT molecular complexity index is 692. The van der Waals surface area contributed by atoms with Gasteiger partial charge in [-0.05, 0) is 30.2 Å². The Labute approximate surface area is 136 Å². The maximum absolute atomic E-state index is 12.0. The molecule has 2 aromatic rings. The summed E-state index contributed by atoms with van der Waals surface area (Å²) >= 11 is 3.21. The van der Waals surface area contributed by atoms with Crippen LogP contribution in [-0.2, 0) is 11.2 Å². The minimum absolute atomic E-state index is 0.0171. The highest BCUT2D eigenvalue weighted by molar-refractivity contribution is 9.10. The Morgan fingerprint density at radius 2 is 1.82 bits per heavy atom. The van der Waals surface area contributed by atoms with Gasteiger partial charge in [-0.25, -0.2) is 4.79 Å². The lowest BCUT2D eigenvalue weighted by molar-refractivity contribution is 0.0471. The molecular weight excluding hydrogens is 348 g/mol. The number of carbonyl (C=O) groups excluding carboxylic acids is 2. The fourth-order valence-electron chi connectivity index (χ4n) is 1.89. The number of ether oxygens (including phenoxy) is 1. The van der Waals surface area contributed by atoms with E-state index in [4.69, 9.17) is 4.74 Å². The fourth-order valence-corrected chi connectivity index (χ4v) is 2.25. The molecule has 0 saturated heterocycles. The second kappa shape index (κ2) is 7.22. The lowest BCUT2D eigenvalue weighted by atomic mass is 10.1. The number of halogens is 1. The molecule has 0 spiro atoms. The van der Waals surface area contributed by atoms with Crippen molar-refractivity contribution in [2.24, 2.45) is 0 Å². The van der Waals surface area contributed by atoms with E-state index in [2.05, 4.69) is 15.9 Å². The zero-order valence-corrected chi connectivity index (χ0v) is 13.6. The normalized spacial score (nSPS) is 10.3. The van der Waals surface area contributed by atoms with Crippen molar-refractivity contribution in [3.05, 3.63) is 63.6 Å². The van der Waals surface area contributed by atoms with E-state index in [1.165, 1.54) is 12.1 Å². The number of esters is 1. The predicted octanol–water partition coefficient (Wildman–Crippen LogP) is 3.76. The van der Waals surface area contributed by atoms with Crippen molar-refractivity contribution in [1.82, 2.24) is 0 Å². The van der Waals surface area contributed by atoms with Crippen LogP contribution in [0.15, 0.2) is 46.9 Å². The maximum Gasteiger partial charge on any atom is 0.342 e. The van der Waals surface area contributed by atoms with Gasteiger partial charge in [0.25, 0.3) is 0 Å². The monoisotopic (exact) mass is 362 g/mol. The topological polar surface area (TPSA) is 63.6 Å². The molecule has 2 aromatic carbocycles. The number of hydrogen-bond donors (Lipinski definition) is 1. The minimum atomic E-state index is -0.739. The molecule has 0 saturated carbocycles. The van der Waals surface area contributed by atoms with E-state index in [9.17, 15) is 14.7 Å². The fraction of sp³-hybridized carbons (Fsp3) is 0.176. The van der Waals surface area contributed by atoms with Crippen LogP contribution >= 0.6 is 15.9 Å². The molecule has 0 amide bonds. The molecule has 0 aliphatic rings. The van der Waals surface area contributed by atoms with E-state index in [1.54, 1.807) is 18.2 Å². The number of phenols is 1. The number of ketones is 1. The van der Waals surface area contributed by atoms with E-state index >= 15 is 0 Å². The van der Waals surface area contributed by atoms with Gasteiger partial charge in [0.15, 0.2) is 12.4 Å². The number of Topliss-reactive ketones (excluding diaryl/α,β-unsaturated/α-hetero) is 1. The third-order valence-electron chi connectivity index (χ3n) is 3.20. The molecule has 4 nitrogen and oxygen atoms in total. The maximum atomic E-state index is 12.0. The molecule has 0 aliphatic heterocycles. The molecule has 0 radical (unpaired) electrons. The molecule has 0 heterocycles. The van der Waals surface area contributed by atoms with Gasteiger partial charge in [-0.1, -0.05) is 47.1 Å². The summed E-state index contributed by atoms with van der Waals surface area (Å²) in [5.74, 6) is -1.21. The second-order valence-corrected chi connectivity index (χ2v) is 5.63. The Balaban J connectivity index is 2.00. The van der Waals surface area contributed by atoms with Gasteiger partial charge in [0.1, 0.15) is 11.3 Å². The first kappa shape index (κ1) is 16.2. The van der Waals surface area contributed by atoms with Crippen LogP contribution in [0.4, 0.5) is 0 Å². The van der Waals surface area contributed by atoms with Crippen LogP contribution in [0.3, 0.4) is 0 Å². The van der Waals surface area contributed by atoms with Crippen LogP contribution in [0.5, 0.6) is 5.75 Å². The molecule has 22 heavy (non-hydrogen) atoms. The van der Waals surface area contributed by atoms with Crippen LogP contribution in [0.2, 0.25) is 0 Å². The molecule has 0 atom stereocenters. The van der Waals surface area contributed by atoms with Crippen LogP contribution < -0.4 is 0 Å². The van der Waals surface area contributed by atoms with E-state index < -0.39 is 5.97 Å². The van der Waals surface area contributed by atoms with Gasteiger partial charge in [-0.15, -0.1) is 0 Å². The molecule has 114 valence electrons. The first-order valence-corrected chi connectivity index (χ1v) is 7.58. The number of phenolic OH excluding ortho intramolecular Hbond substituents is 1. The summed E-state index contributed by atoms with van der Waals surface area (Å²) in [5, 5.41) is 9.64. The summed E-state index contributed by atoms with van der Waals surface area (Å²) in [5.41, 5.74) is 1.64. The van der Waals surface area contributed by atoms with Crippen LogP contribution in [0, 0.1) is 0 Å². The Morgan fingerprint density at radius 3 is 2.45 bits per heavy atom. The smallest absolute Gasteiger partial charge is 0.342 e. The lowest BCUT2D eigenvalue weighted by Gasteiger charge is -2.07. The van der Waals surface area contributed by atoms with Crippen molar-refractivity contribution >= 4 is 27.7 Å². The van der Waals surface area contributed by atoms with E-state index in [0.29, 0.717) is 10.0 Å². The predicted molar refractivity (Wildman–Crippen MR) is 86.2 cm³/mol. The summed E-state index contributed by atoms with van der Waals surface area (Å²) < 4.78 is 5.61. The van der Waals surface area contributed by atoms with Crippen molar-refractivity contribution in [2.75, 3.05) is 6.61 Å². The molecular formula is C17H15BrO4. The van der Waals surface area contributed by atoms with Crippen LogP contribution in [0.1, 0.15) is 33.2 Å². The van der Waals surface area contributed by atoms with Gasteiger partial charge < -0.3 is 9.84 Å². The lowest BCUT2D eigenvalue weighted by Crippen LogP contribution is -2.14. The van der Waals surface area contributed by atoms with Crippen molar-refractivity contribution in [3.8, 4) is 5.75 Å². The van der Waals surface area contributed by atoms with Crippen molar-refractivity contribution < 1.29 is 19.4 Å². The number of aryl methyl sites for hydroxylation is 1. The zero-order chi connectivity index (χ0) is 16.1. The van der Waals surface area contributed by atoms with Gasteiger partial charge in [0, 0.05) is 10.0 Å². The standard InChI is InChI=1S/C17H15BrO4/c1-2-11-3-5-12(6-4-11)16(20)10-22-17(21)14-9-13(18)7-8-15(14)19/h3-9,19H,2,10H2,1H3. The second-order valence-electron chi connectivity index (χ2n) is 4.71. The molecule has 2 rings (SSSR count). The van der Waals surface area contributed by atoms with Gasteiger partial charge in [-0.2, -0.15) is 0 Å². The summed E-state index contributed by atoms with van der Waals surface area (Å²) in [6, 6.07) is 11.6. The van der Waals surface area contributed by atoms with Gasteiger partial charge in [0.05, 0.1) is 0 Å². The van der Waals surface area contributed by atoms with E-state index in [-0.39, 0.29) is 23.7 Å². The largest absolute Gasteiger partial charge is 0.507 e. The zero-order valence-electron chi connectivity index (χ0n) is 12.0. The van der Waals surface area contributed by atoms with E-state index in [0.717, 1.165) is 12.0 Å². The summed E-state index contributed by atoms with van der Waals surface area (Å²) in [7, 11) is 0. The number of carbonyl (C=O) groups is 2. The van der Waals surface area contributed by atoms with Gasteiger partial charge in [0.2, 0.25) is 0 Å². The summed E-state index contributed by atoms with van der Waals surface area (Å²) in [4.78, 5) is 23.9. The molecule has 1 N–H and O–H groups in total. The molecule has 0 fully saturated rings. The third-order valence-corrected chi connectivity index (χ3v) is 3.69. The Morgan fingerprint density at radius 1 is 1.14 bits per heavy atom. The highest BCUT2D eigenvalue weighted by Gasteiger charge is 2.15. The number of rotatable bonds is 5. The summed E-state index contributed by atoms with van der Waals surface area (Å²) in [6.07, 6.45) is 0.894. The average molecular weight is 363 g/mol. The van der Waals surface area contributed by atoms with Gasteiger partial charge >= 0.3 is 5.97 Å². The van der Waals surface area contributed by atoms with Crippen molar-refractivity contribution in [2.45, 2.75) is 13.3 Å². The molecule has 0 bridgehead atoms. The minimum Gasteiger partial charge on any atom is -0.507 e. The van der Waals surface area contributed by atoms with Crippen molar-refractivity contribution in [3.63, 3.8) is 0 Å². The van der Waals surface area contributed by atoms with E-state index in [1.807, 2.05) is 19.1 Å². The van der Waals surface area contributed by atoms with Crippen LogP contribution in [0.25, 0.3) is 0 Å². The molecule has 0 aromatic heterocycles. The number of aromatic hydroxyl groups is 1. The number of benzene rings is 2.